The van der Waals surface area contributed by atoms with Crippen molar-refractivity contribution in [3.05, 3.63) is 83.7 Å². The molecule has 4 rings (SSSR count). The number of aryl methyl sites for hydroxylation is 1. The summed E-state index contributed by atoms with van der Waals surface area (Å²) < 4.78 is 11.5. The molecule has 174 valence electrons. The number of aromatic nitrogens is 1. The topological polar surface area (TPSA) is 43.8 Å². The maximum absolute atomic E-state index is 6.68. The molecule has 1 saturated carbocycles. The van der Waals surface area contributed by atoms with E-state index < -0.39 is 0 Å². The van der Waals surface area contributed by atoms with Gasteiger partial charge >= 0.3 is 0 Å². The zero-order valence-electron chi connectivity index (χ0n) is 19.9. The molecule has 3 aromatic rings. The highest BCUT2D eigenvalue weighted by Gasteiger charge is 2.42. The average Bonchev–Trinajstić information content (AvgIpc) is 2.86. The largest absolute Gasteiger partial charge is 0.494 e. The Balaban J connectivity index is 1.80. The Bertz CT molecular complexity index is 1020. The summed E-state index contributed by atoms with van der Waals surface area (Å²) in [4.78, 5) is 11.1. The third-order valence-corrected chi connectivity index (χ3v) is 6.46. The van der Waals surface area contributed by atoms with Crippen LogP contribution in [0.2, 0.25) is 0 Å². The highest BCUT2D eigenvalue weighted by Crippen LogP contribution is 2.47. The van der Waals surface area contributed by atoms with Crippen LogP contribution in [0.4, 0.5) is 5.69 Å². The molecule has 0 spiro atoms. The van der Waals surface area contributed by atoms with Crippen LogP contribution in [0, 0.1) is 6.92 Å². The summed E-state index contributed by atoms with van der Waals surface area (Å²) in [6.07, 6.45) is 7.36. The molecule has 1 aliphatic rings. The van der Waals surface area contributed by atoms with Gasteiger partial charge in [-0.2, -0.15) is 0 Å². The third kappa shape index (κ3) is 4.98. The summed E-state index contributed by atoms with van der Waals surface area (Å²) in [5.74, 6) is 1.64. The molecule has 0 amide bonds. The number of hydrogen-bond acceptors (Lipinski definition) is 5. The first-order valence-electron chi connectivity index (χ1n) is 11.9. The van der Waals surface area contributed by atoms with Crippen molar-refractivity contribution >= 4 is 5.69 Å². The van der Waals surface area contributed by atoms with Crippen LogP contribution < -0.4 is 14.5 Å². The van der Waals surface area contributed by atoms with E-state index in [1.807, 2.05) is 44.3 Å². The van der Waals surface area contributed by atoms with Gasteiger partial charge in [0.15, 0.2) is 5.75 Å². The molecule has 0 unspecified atom stereocenters. The van der Waals surface area contributed by atoms with Crippen LogP contribution in [0.25, 0.3) is 0 Å². The van der Waals surface area contributed by atoms with Gasteiger partial charge in [-0.15, -0.1) is 0 Å². The van der Waals surface area contributed by atoms with Gasteiger partial charge in [-0.3, -0.25) is 9.82 Å². The van der Waals surface area contributed by atoms with Gasteiger partial charge in [0.05, 0.1) is 31.6 Å². The van der Waals surface area contributed by atoms with E-state index >= 15 is 0 Å². The minimum atomic E-state index is -0.307. The molecule has 0 atom stereocenters. The lowest BCUT2D eigenvalue weighted by Gasteiger charge is -2.47. The monoisotopic (exact) mass is 446 g/mol. The standard InChI is InChI=1S/C28H34N2O3/c1-4-32-25-15-13-24(14-16-25)28(18-9-6-10-19-28)30(33-21-23-11-7-5-8-12-23)26-17-20-29-22(2)27(26)31-3/h5,7-8,11-17,20H,4,6,9-10,18-19,21H2,1-3H3. The van der Waals surface area contributed by atoms with Crippen LogP contribution in [-0.2, 0) is 17.0 Å². The van der Waals surface area contributed by atoms with Crippen molar-refractivity contribution in [2.75, 3.05) is 18.8 Å². The normalized spacial score (nSPS) is 15.1. The van der Waals surface area contributed by atoms with Crippen LogP contribution in [0.15, 0.2) is 66.9 Å². The quantitative estimate of drug-likeness (QED) is 0.347. The minimum Gasteiger partial charge on any atom is -0.494 e. The molecule has 1 fully saturated rings. The summed E-state index contributed by atoms with van der Waals surface area (Å²) in [6, 6.07) is 20.8. The first kappa shape index (κ1) is 23.1. The zero-order chi connectivity index (χ0) is 23.1. The predicted octanol–water partition coefficient (Wildman–Crippen LogP) is 6.60. The number of rotatable bonds is 9. The second-order valence-corrected chi connectivity index (χ2v) is 8.55. The van der Waals surface area contributed by atoms with Gasteiger partial charge in [0.1, 0.15) is 11.4 Å². The molecule has 0 bridgehead atoms. The zero-order valence-corrected chi connectivity index (χ0v) is 19.9. The predicted molar refractivity (Wildman–Crippen MR) is 132 cm³/mol. The Morgan fingerprint density at radius 3 is 2.33 bits per heavy atom. The fraction of sp³-hybridized carbons (Fsp3) is 0.393. The molecule has 1 heterocycles. The van der Waals surface area contributed by atoms with Gasteiger partial charge < -0.3 is 9.47 Å². The fourth-order valence-corrected chi connectivity index (χ4v) is 4.86. The second kappa shape index (κ2) is 10.7. The molecule has 0 aliphatic heterocycles. The van der Waals surface area contributed by atoms with Crippen molar-refractivity contribution in [3.63, 3.8) is 0 Å². The Morgan fingerprint density at radius 1 is 0.939 bits per heavy atom. The molecule has 0 saturated heterocycles. The highest BCUT2D eigenvalue weighted by molar-refractivity contribution is 5.61. The van der Waals surface area contributed by atoms with Gasteiger partial charge in [-0.05, 0) is 56.0 Å². The van der Waals surface area contributed by atoms with Crippen molar-refractivity contribution in [2.45, 2.75) is 58.1 Å². The molecule has 33 heavy (non-hydrogen) atoms. The summed E-state index contributed by atoms with van der Waals surface area (Å²) in [5, 5.41) is 2.11. The van der Waals surface area contributed by atoms with E-state index in [4.69, 9.17) is 14.3 Å². The second-order valence-electron chi connectivity index (χ2n) is 8.55. The molecular formula is C28H34N2O3. The van der Waals surface area contributed by atoms with E-state index in [-0.39, 0.29) is 5.54 Å². The lowest BCUT2D eigenvalue weighted by atomic mass is 9.76. The lowest BCUT2D eigenvalue weighted by molar-refractivity contribution is 0.0191. The van der Waals surface area contributed by atoms with E-state index in [1.165, 1.54) is 12.0 Å². The van der Waals surface area contributed by atoms with Crippen molar-refractivity contribution in [3.8, 4) is 11.5 Å². The SMILES string of the molecule is CCOc1ccc(C2(N(OCc3ccccc3)c3ccnc(C)c3OC)CCCCC2)cc1. The van der Waals surface area contributed by atoms with Crippen LogP contribution in [0.3, 0.4) is 0 Å². The van der Waals surface area contributed by atoms with E-state index in [0.29, 0.717) is 13.2 Å². The summed E-state index contributed by atoms with van der Waals surface area (Å²) in [7, 11) is 1.70. The Morgan fingerprint density at radius 2 is 1.67 bits per heavy atom. The Hall–Kier alpha value is -3.05. The van der Waals surface area contributed by atoms with E-state index in [2.05, 4.69) is 46.4 Å². The van der Waals surface area contributed by atoms with Crippen molar-refractivity contribution < 1.29 is 14.3 Å². The molecule has 5 heteroatoms. The number of anilines is 1. The van der Waals surface area contributed by atoms with E-state index in [0.717, 1.165) is 54.1 Å². The van der Waals surface area contributed by atoms with Crippen LogP contribution in [0.5, 0.6) is 11.5 Å². The Kier molecular flexibility index (Phi) is 7.50. The number of hydroxylamine groups is 1. The van der Waals surface area contributed by atoms with Crippen LogP contribution in [0.1, 0.15) is 55.8 Å². The first-order chi connectivity index (χ1) is 16.2. The molecule has 5 nitrogen and oxygen atoms in total. The van der Waals surface area contributed by atoms with Crippen molar-refractivity contribution in [1.82, 2.24) is 4.98 Å². The Labute approximate surface area is 197 Å². The van der Waals surface area contributed by atoms with Gasteiger partial charge in [0, 0.05) is 6.20 Å². The number of ether oxygens (including phenoxy) is 2. The number of nitrogens with zero attached hydrogens (tertiary/aromatic N) is 2. The van der Waals surface area contributed by atoms with Gasteiger partial charge in [-0.1, -0.05) is 61.7 Å². The molecule has 0 N–H and O–H groups in total. The number of methoxy groups -OCH3 is 1. The van der Waals surface area contributed by atoms with Crippen LogP contribution >= 0.6 is 0 Å². The average molecular weight is 447 g/mol. The van der Waals surface area contributed by atoms with E-state index in [9.17, 15) is 0 Å². The van der Waals surface area contributed by atoms with Gasteiger partial charge in [0.25, 0.3) is 0 Å². The van der Waals surface area contributed by atoms with Gasteiger partial charge in [-0.25, -0.2) is 5.06 Å². The maximum Gasteiger partial charge on any atom is 0.165 e. The van der Waals surface area contributed by atoms with Crippen molar-refractivity contribution in [2.24, 2.45) is 0 Å². The smallest absolute Gasteiger partial charge is 0.165 e. The number of benzene rings is 2. The van der Waals surface area contributed by atoms with E-state index in [1.54, 1.807) is 7.11 Å². The summed E-state index contributed by atoms with van der Waals surface area (Å²) in [6.45, 7) is 5.12. The molecule has 2 aromatic carbocycles. The third-order valence-electron chi connectivity index (χ3n) is 6.46. The maximum atomic E-state index is 6.68. The number of hydrogen-bond donors (Lipinski definition) is 0. The molecule has 1 aliphatic carbocycles. The molecule has 1 aromatic heterocycles. The van der Waals surface area contributed by atoms with Crippen LogP contribution in [-0.4, -0.2) is 18.7 Å². The highest BCUT2D eigenvalue weighted by atomic mass is 16.7. The fourth-order valence-electron chi connectivity index (χ4n) is 4.86. The van der Waals surface area contributed by atoms with Crippen molar-refractivity contribution in [1.29, 1.82) is 0 Å². The summed E-state index contributed by atoms with van der Waals surface area (Å²) in [5.41, 5.74) is 3.82. The van der Waals surface area contributed by atoms with Gasteiger partial charge in [0.2, 0.25) is 0 Å². The molecule has 0 radical (unpaired) electrons. The molecular weight excluding hydrogens is 412 g/mol. The first-order valence-corrected chi connectivity index (χ1v) is 11.9. The minimum absolute atomic E-state index is 0.307. The summed E-state index contributed by atoms with van der Waals surface area (Å²) >= 11 is 0. The lowest BCUT2D eigenvalue weighted by Crippen LogP contribution is -2.48. The number of pyridine rings is 1.